The second kappa shape index (κ2) is 6.05. The molecular formula is C14H22N2O2. The van der Waals surface area contributed by atoms with Crippen LogP contribution in [0.15, 0.2) is 16.7 Å². The van der Waals surface area contributed by atoms with Crippen LogP contribution in [0.3, 0.4) is 0 Å². The molecule has 0 aromatic carbocycles. The monoisotopic (exact) mass is 250 g/mol. The van der Waals surface area contributed by atoms with Gasteiger partial charge in [-0.3, -0.25) is 4.79 Å². The van der Waals surface area contributed by atoms with Crippen molar-refractivity contribution in [3.63, 3.8) is 0 Å². The van der Waals surface area contributed by atoms with E-state index in [1.54, 1.807) is 12.3 Å². The number of nitrogens with one attached hydrogen (secondary N) is 1. The number of rotatable bonds is 4. The number of furan rings is 1. The fourth-order valence-corrected chi connectivity index (χ4v) is 2.55. The Morgan fingerprint density at radius 1 is 1.50 bits per heavy atom. The molecule has 0 unspecified atom stereocenters. The van der Waals surface area contributed by atoms with Crippen LogP contribution >= 0.6 is 0 Å². The summed E-state index contributed by atoms with van der Waals surface area (Å²) in [5.74, 6) is 1.59. The van der Waals surface area contributed by atoms with Crippen LogP contribution < -0.4 is 5.32 Å². The summed E-state index contributed by atoms with van der Waals surface area (Å²) in [4.78, 5) is 14.2. The van der Waals surface area contributed by atoms with Crippen LogP contribution in [-0.4, -0.2) is 37.5 Å². The molecule has 0 aliphatic carbocycles. The van der Waals surface area contributed by atoms with Crippen LogP contribution in [0.4, 0.5) is 0 Å². The molecule has 0 radical (unpaired) electrons. The van der Waals surface area contributed by atoms with Crippen molar-refractivity contribution in [1.29, 1.82) is 0 Å². The lowest BCUT2D eigenvalue weighted by Crippen LogP contribution is -2.39. The molecule has 1 saturated heterocycles. The first-order valence-corrected chi connectivity index (χ1v) is 6.70. The molecular weight excluding hydrogens is 228 g/mol. The smallest absolute Gasteiger partial charge is 0.257 e. The van der Waals surface area contributed by atoms with Gasteiger partial charge in [0.25, 0.3) is 5.91 Å². The van der Waals surface area contributed by atoms with Gasteiger partial charge >= 0.3 is 0 Å². The number of carbonyl (C=O) groups is 1. The molecule has 1 N–H and O–H groups in total. The van der Waals surface area contributed by atoms with Gasteiger partial charge in [0.05, 0.1) is 11.8 Å². The van der Waals surface area contributed by atoms with Crippen LogP contribution in [0.25, 0.3) is 0 Å². The van der Waals surface area contributed by atoms with Gasteiger partial charge in [0.1, 0.15) is 5.76 Å². The zero-order chi connectivity index (χ0) is 13.0. The van der Waals surface area contributed by atoms with E-state index in [0.717, 1.165) is 44.2 Å². The number of hydrogen-bond donors (Lipinski definition) is 1. The Balaban J connectivity index is 1.86. The number of carbonyl (C=O) groups excluding carboxylic acids is 1. The van der Waals surface area contributed by atoms with Crippen LogP contribution in [0.1, 0.15) is 35.4 Å². The van der Waals surface area contributed by atoms with Crippen molar-refractivity contribution in [2.75, 3.05) is 26.7 Å². The normalized spacial score (nSPS) is 17.1. The first-order chi connectivity index (χ1) is 8.72. The lowest BCUT2D eigenvalue weighted by atomic mass is 9.93. The van der Waals surface area contributed by atoms with E-state index in [1.807, 2.05) is 18.9 Å². The van der Waals surface area contributed by atoms with E-state index in [9.17, 15) is 4.79 Å². The summed E-state index contributed by atoms with van der Waals surface area (Å²) in [7, 11) is 1.99. The maximum absolute atomic E-state index is 12.3. The summed E-state index contributed by atoms with van der Waals surface area (Å²) in [6, 6.07) is 1.77. The largest absolute Gasteiger partial charge is 0.469 e. The SMILES string of the molecule is CNCCC1CCN(C(=O)c2ccoc2C)CC1. The molecule has 1 aliphatic rings. The Labute approximate surface area is 108 Å². The molecule has 2 heterocycles. The summed E-state index contributed by atoms with van der Waals surface area (Å²) in [6.45, 7) is 4.65. The molecule has 4 nitrogen and oxygen atoms in total. The molecule has 0 bridgehead atoms. The molecule has 100 valence electrons. The van der Waals surface area contributed by atoms with Gasteiger partial charge in [-0.2, -0.15) is 0 Å². The molecule has 1 aromatic heterocycles. The van der Waals surface area contributed by atoms with E-state index in [4.69, 9.17) is 4.42 Å². The van der Waals surface area contributed by atoms with Gasteiger partial charge in [-0.15, -0.1) is 0 Å². The minimum Gasteiger partial charge on any atom is -0.469 e. The van der Waals surface area contributed by atoms with Crippen molar-refractivity contribution in [3.8, 4) is 0 Å². The molecule has 1 aliphatic heterocycles. The molecule has 18 heavy (non-hydrogen) atoms. The summed E-state index contributed by atoms with van der Waals surface area (Å²) in [5.41, 5.74) is 0.712. The zero-order valence-electron chi connectivity index (χ0n) is 11.2. The molecule has 4 heteroatoms. The highest BCUT2D eigenvalue weighted by atomic mass is 16.3. The van der Waals surface area contributed by atoms with E-state index in [-0.39, 0.29) is 5.91 Å². The van der Waals surface area contributed by atoms with Gasteiger partial charge in [-0.25, -0.2) is 0 Å². The lowest BCUT2D eigenvalue weighted by molar-refractivity contribution is 0.0685. The van der Waals surface area contributed by atoms with Gasteiger partial charge in [0.2, 0.25) is 0 Å². The molecule has 2 rings (SSSR count). The predicted octanol–water partition coefficient (Wildman–Crippen LogP) is 2.05. The van der Waals surface area contributed by atoms with Crippen LogP contribution in [0.5, 0.6) is 0 Å². The average Bonchev–Trinajstić information content (AvgIpc) is 2.82. The maximum atomic E-state index is 12.3. The van der Waals surface area contributed by atoms with E-state index in [0.29, 0.717) is 5.56 Å². The van der Waals surface area contributed by atoms with Gasteiger partial charge in [0.15, 0.2) is 0 Å². The third kappa shape index (κ3) is 2.93. The lowest BCUT2D eigenvalue weighted by Gasteiger charge is -2.32. The highest BCUT2D eigenvalue weighted by Crippen LogP contribution is 2.22. The number of nitrogens with zero attached hydrogens (tertiary/aromatic N) is 1. The van der Waals surface area contributed by atoms with Gasteiger partial charge in [0, 0.05) is 13.1 Å². The van der Waals surface area contributed by atoms with E-state index in [2.05, 4.69) is 5.32 Å². The van der Waals surface area contributed by atoms with Crippen molar-refractivity contribution < 1.29 is 9.21 Å². The summed E-state index contributed by atoms with van der Waals surface area (Å²) in [5, 5.41) is 3.19. The number of piperidine rings is 1. The van der Waals surface area contributed by atoms with Crippen molar-refractivity contribution >= 4 is 5.91 Å². The van der Waals surface area contributed by atoms with E-state index in [1.165, 1.54) is 6.42 Å². The molecule has 0 atom stereocenters. The number of aryl methyl sites for hydroxylation is 1. The zero-order valence-corrected chi connectivity index (χ0v) is 11.2. The Bertz CT molecular complexity index is 392. The van der Waals surface area contributed by atoms with Crippen molar-refractivity contribution in [1.82, 2.24) is 10.2 Å². The Hall–Kier alpha value is -1.29. The van der Waals surface area contributed by atoms with Crippen molar-refractivity contribution in [3.05, 3.63) is 23.7 Å². The second-order valence-corrected chi connectivity index (χ2v) is 5.02. The fraction of sp³-hybridized carbons (Fsp3) is 0.643. The molecule has 1 fully saturated rings. The molecule has 0 saturated carbocycles. The molecule has 0 spiro atoms. The number of likely N-dealkylation sites (tertiary alicyclic amines) is 1. The summed E-state index contributed by atoms with van der Waals surface area (Å²) >= 11 is 0. The number of hydrogen-bond acceptors (Lipinski definition) is 3. The van der Waals surface area contributed by atoms with Crippen molar-refractivity contribution in [2.24, 2.45) is 5.92 Å². The Kier molecular flexibility index (Phi) is 4.42. The summed E-state index contributed by atoms with van der Waals surface area (Å²) in [6.07, 6.45) is 5.03. The maximum Gasteiger partial charge on any atom is 0.257 e. The predicted molar refractivity (Wildman–Crippen MR) is 70.6 cm³/mol. The minimum absolute atomic E-state index is 0.119. The quantitative estimate of drug-likeness (QED) is 0.889. The van der Waals surface area contributed by atoms with Gasteiger partial charge < -0.3 is 14.6 Å². The topological polar surface area (TPSA) is 45.5 Å². The number of amides is 1. The summed E-state index contributed by atoms with van der Waals surface area (Å²) < 4.78 is 5.19. The average molecular weight is 250 g/mol. The van der Waals surface area contributed by atoms with Crippen LogP contribution in [-0.2, 0) is 0 Å². The van der Waals surface area contributed by atoms with E-state index < -0.39 is 0 Å². The standard InChI is InChI=1S/C14H22N2O2/c1-11-13(6-10-18-11)14(17)16-8-4-12(5-9-16)3-7-15-2/h6,10,12,15H,3-5,7-9H2,1-2H3. The second-order valence-electron chi connectivity index (χ2n) is 5.02. The van der Waals surface area contributed by atoms with Gasteiger partial charge in [-0.1, -0.05) is 0 Å². The molecule has 1 aromatic rings. The highest BCUT2D eigenvalue weighted by Gasteiger charge is 2.24. The first-order valence-electron chi connectivity index (χ1n) is 6.70. The first kappa shape index (κ1) is 13.1. The van der Waals surface area contributed by atoms with E-state index >= 15 is 0 Å². The Morgan fingerprint density at radius 2 is 2.22 bits per heavy atom. The fourth-order valence-electron chi connectivity index (χ4n) is 2.55. The highest BCUT2D eigenvalue weighted by molar-refractivity contribution is 5.95. The van der Waals surface area contributed by atoms with Crippen LogP contribution in [0, 0.1) is 12.8 Å². The van der Waals surface area contributed by atoms with Crippen LogP contribution in [0.2, 0.25) is 0 Å². The Morgan fingerprint density at radius 3 is 2.78 bits per heavy atom. The third-order valence-electron chi connectivity index (χ3n) is 3.79. The third-order valence-corrected chi connectivity index (χ3v) is 3.79. The van der Waals surface area contributed by atoms with Crippen molar-refractivity contribution in [2.45, 2.75) is 26.2 Å². The molecule has 1 amide bonds. The van der Waals surface area contributed by atoms with Gasteiger partial charge in [-0.05, 0) is 51.8 Å². The minimum atomic E-state index is 0.119.